The molecule has 2 heterocycles. The van der Waals surface area contributed by atoms with E-state index in [2.05, 4.69) is 10.4 Å². The second kappa shape index (κ2) is 9.79. The van der Waals surface area contributed by atoms with Gasteiger partial charge in [-0.3, -0.25) is 4.79 Å². The zero-order chi connectivity index (χ0) is 23.4. The summed E-state index contributed by atoms with van der Waals surface area (Å²) in [4.78, 5) is 22.5. The van der Waals surface area contributed by atoms with E-state index in [1.807, 2.05) is 69.3 Å². The first-order valence-electron chi connectivity index (χ1n) is 11.0. The molecule has 4 rings (SSSR count). The van der Waals surface area contributed by atoms with Crippen LogP contribution in [0.25, 0.3) is 22.2 Å². The highest BCUT2D eigenvalue weighted by atomic mass is 16.5. The van der Waals surface area contributed by atoms with Gasteiger partial charge in [0.25, 0.3) is 5.91 Å². The summed E-state index contributed by atoms with van der Waals surface area (Å²) in [5.74, 6) is -0.113. The highest BCUT2D eigenvalue weighted by Gasteiger charge is 2.23. The van der Waals surface area contributed by atoms with Crippen LogP contribution < -0.4 is 11.1 Å². The Bertz CT molecular complexity index is 1330. The zero-order valence-electron chi connectivity index (χ0n) is 19.1. The number of nitrogens with one attached hydrogen (secondary N) is 1. The van der Waals surface area contributed by atoms with Gasteiger partial charge in [0.15, 0.2) is 5.65 Å². The quantitative estimate of drug-likeness (QED) is 0.317. The largest absolute Gasteiger partial charge is 0.383 e. The van der Waals surface area contributed by atoms with Gasteiger partial charge in [0.2, 0.25) is 0 Å². The van der Waals surface area contributed by atoms with Crippen LogP contribution in [0.4, 0.5) is 5.82 Å². The monoisotopic (exact) mass is 444 g/mol. The van der Waals surface area contributed by atoms with E-state index in [0.29, 0.717) is 41.8 Å². The minimum Gasteiger partial charge on any atom is -0.383 e. The van der Waals surface area contributed by atoms with Crippen molar-refractivity contribution in [1.82, 2.24) is 20.0 Å². The lowest BCUT2D eigenvalue weighted by atomic mass is 10.1. The van der Waals surface area contributed by atoms with E-state index in [-0.39, 0.29) is 23.4 Å². The lowest BCUT2D eigenvalue weighted by Crippen LogP contribution is -2.26. The Morgan fingerprint density at radius 3 is 2.58 bits per heavy atom. The van der Waals surface area contributed by atoms with Crippen molar-refractivity contribution in [2.75, 3.05) is 18.9 Å². The summed E-state index contributed by atoms with van der Waals surface area (Å²) in [7, 11) is 0. The molecule has 0 radical (unpaired) electrons. The number of fused-ring (bicyclic) bond motifs is 2. The number of benzene rings is 2. The van der Waals surface area contributed by atoms with Gasteiger partial charge in [0, 0.05) is 13.2 Å². The van der Waals surface area contributed by atoms with Gasteiger partial charge < -0.3 is 15.8 Å². The second-order valence-electron chi connectivity index (χ2n) is 8.09. The van der Waals surface area contributed by atoms with Crippen LogP contribution >= 0.6 is 0 Å². The maximum Gasteiger partial charge on any atom is 0.257 e. The van der Waals surface area contributed by atoms with Crippen molar-refractivity contribution < 1.29 is 9.53 Å². The minimum atomic E-state index is -0.309. The molecule has 0 saturated carbocycles. The summed E-state index contributed by atoms with van der Waals surface area (Å²) in [6.45, 7) is 7.00. The fraction of sp³-hybridized carbons (Fsp3) is 0.280. The molecule has 0 bridgehead atoms. The molecule has 0 fully saturated rings. The van der Waals surface area contributed by atoms with Crippen LogP contribution in [-0.2, 0) is 4.74 Å². The van der Waals surface area contributed by atoms with E-state index in [9.17, 15) is 4.79 Å². The number of rotatable bonds is 8. The fourth-order valence-electron chi connectivity index (χ4n) is 3.52. The van der Waals surface area contributed by atoms with Crippen LogP contribution in [-0.4, -0.2) is 46.0 Å². The molecule has 8 nitrogen and oxygen atoms in total. The average molecular weight is 445 g/mol. The normalized spacial score (nSPS) is 11.8. The van der Waals surface area contributed by atoms with Crippen molar-refractivity contribution in [1.29, 1.82) is 0 Å². The molecule has 0 saturated heterocycles. The number of nitrogen functional groups attached to an aromatic ring is 1. The van der Waals surface area contributed by atoms with Gasteiger partial charge in [-0.1, -0.05) is 36.4 Å². The maximum absolute atomic E-state index is 13.1. The Morgan fingerprint density at radius 1 is 1.15 bits per heavy atom. The first-order valence-corrected chi connectivity index (χ1v) is 11.0. The SMILES string of the molecule is Cc1ccccc1/C=N\n1c(N)c(C(=O)NCCCOC(C)C)c2nc3ccccc3nc21. The molecule has 4 aromatic rings. The van der Waals surface area contributed by atoms with Gasteiger partial charge in [-0.15, -0.1) is 0 Å². The molecular weight excluding hydrogens is 416 g/mol. The molecule has 33 heavy (non-hydrogen) atoms. The molecule has 170 valence electrons. The van der Waals surface area contributed by atoms with Crippen LogP contribution in [0.15, 0.2) is 53.6 Å². The highest BCUT2D eigenvalue weighted by Crippen LogP contribution is 2.27. The molecule has 2 aromatic heterocycles. The molecule has 0 aliphatic heterocycles. The Hall–Kier alpha value is -3.78. The maximum atomic E-state index is 13.1. The van der Waals surface area contributed by atoms with Gasteiger partial charge in [0.05, 0.1) is 23.4 Å². The van der Waals surface area contributed by atoms with E-state index in [0.717, 1.165) is 11.1 Å². The van der Waals surface area contributed by atoms with E-state index in [1.54, 1.807) is 6.21 Å². The molecule has 0 aliphatic rings. The highest BCUT2D eigenvalue weighted by molar-refractivity contribution is 6.10. The minimum absolute atomic E-state index is 0.156. The summed E-state index contributed by atoms with van der Waals surface area (Å²) in [6.07, 6.45) is 2.57. The Morgan fingerprint density at radius 2 is 1.85 bits per heavy atom. The van der Waals surface area contributed by atoms with Gasteiger partial charge in [0.1, 0.15) is 16.9 Å². The zero-order valence-corrected chi connectivity index (χ0v) is 19.1. The van der Waals surface area contributed by atoms with Crippen LogP contribution in [0.1, 0.15) is 41.8 Å². The lowest BCUT2D eigenvalue weighted by molar-refractivity contribution is 0.0757. The van der Waals surface area contributed by atoms with E-state index < -0.39 is 0 Å². The summed E-state index contributed by atoms with van der Waals surface area (Å²) < 4.78 is 7.02. The number of para-hydroxylation sites is 2. The van der Waals surface area contributed by atoms with E-state index in [4.69, 9.17) is 20.4 Å². The number of amides is 1. The van der Waals surface area contributed by atoms with Crippen molar-refractivity contribution >= 4 is 40.1 Å². The lowest BCUT2D eigenvalue weighted by Gasteiger charge is -2.08. The third kappa shape index (κ3) is 4.85. The van der Waals surface area contributed by atoms with Crippen molar-refractivity contribution in [3.8, 4) is 0 Å². The predicted molar refractivity (Wildman–Crippen MR) is 132 cm³/mol. The number of anilines is 1. The van der Waals surface area contributed by atoms with Crippen LogP contribution in [0, 0.1) is 6.92 Å². The average Bonchev–Trinajstić information content (AvgIpc) is 3.06. The number of ether oxygens (including phenoxy) is 1. The molecule has 1 amide bonds. The molecule has 0 aliphatic carbocycles. The van der Waals surface area contributed by atoms with Gasteiger partial charge in [-0.2, -0.15) is 9.78 Å². The van der Waals surface area contributed by atoms with Crippen LogP contribution in [0.5, 0.6) is 0 Å². The van der Waals surface area contributed by atoms with Gasteiger partial charge >= 0.3 is 0 Å². The first-order chi connectivity index (χ1) is 16.0. The number of carbonyl (C=O) groups is 1. The smallest absolute Gasteiger partial charge is 0.257 e. The van der Waals surface area contributed by atoms with E-state index in [1.165, 1.54) is 4.68 Å². The summed E-state index contributed by atoms with van der Waals surface area (Å²) in [6, 6.07) is 15.4. The molecule has 2 aromatic carbocycles. The molecule has 8 heteroatoms. The van der Waals surface area contributed by atoms with Crippen LogP contribution in [0.3, 0.4) is 0 Å². The number of aromatic nitrogens is 3. The third-order valence-electron chi connectivity index (χ3n) is 5.26. The van der Waals surface area contributed by atoms with Crippen molar-refractivity contribution in [3.05, 3.63) is 65.2 Å². The van der Waals surface area contributed by atoms with E-state index >= 15 is 0 Å². The number of carbonyl (C=O) groups excluding carboxylic acids is 1. The van der Waals surface area contributed by atoms with Gasteiger partial charge in [-0.25, -0.2) is 9.97 Å². The number of nitrogens with zero attached hydrogens (tertiary/aromatic N) is 4. The first kappa shape index (κ1) is 22.4. The summed E-state index contributed by atoms with van der Waals surface area (Å²) in [5.41, 5.74) is 11.0. The second-order valence-corrected chi connectivity index (χ2v) is 8.09. The predicted octanol–water partition coefficient (Wildman–Crippen LogP) is 3.90. The molecule has 0 unspecified atom stereocenters. The van der Waals surface area contributed by atoms with Crippen LogP contribution in [0.2, 0.25) is 0 Å². The van der Waals surface area contributed by atoms with Crippen molar-refractivity contribution in [3.63, 3.8) is 0 Å². The Labute approximate surface area is 192 Å². The molecular formula is C25H28N6O2. The standard InChI is InChI=1S/C25H28N6O2/c1-16(2)33-14-8-13-27-25(32)21-22-24(30-20-12-7-6-11-19(20)29-22)31(23(21)26)28-15-18-10-5-4-9-17(18)3/h4-7,9-12,15-16H,8,13-14,26H2,1-3H3,(H,27,32)/b28-15-. The molecule has 0 atom stereocenters. The number of hydrogen-bond donors (Lipinski definition) is 2. The number of aryl methyl sites for hydroxylation is 1. The fourth-order valence-corrected chi connectivity index (χ4v) is 3.52. The van der Waals surface area contributed by atoms with Crippen molar-refractivity contribution in [2.24, 2.45) is 5.10 Å². The number of hydrogen-bond acceptors (Lipinski definition) is 6. The Kier molecular flexibility index (Phi) is 6.65. The third-order valence-corrected chi connectivity index (χ3v) is 5.26. The molecule has 3 N–H and O–H groups in total. The summed E-state index contributed by atoms with van der Waals surface area (Å²) in [5, 5.41) is 7.49. The molecule has 0 spiro atoms. The Balaban J connectivity index is 1.73. The van der Waals surface area contributed by atoms with Gasteiger partial charge in [-0.05, 0) is 50.5 Å². The number of nitrogens with two attached hydrogens (primary N) is 1. The summed E-state index contributed by atoms with van der Waals surface area (Å²) >= 11 is 0. The topological polar surface area (TPSA) is 107 Å². The van der Waals surface area contributed by atoms with Crippen molar-refractivity contribution in [2.45, 2.75) is 33.3 Å².